The van der Waals surface area contributed by atoms with Crippen LogP contribution in [0.2, 0.25) is 0 Å². The summed E-state index contributed by atoms with van der Waals surface area (Å²) in [5, 5.41) is 0. The van der Waals surface area contributed by atoms with Gasteiger partial charge >= 0.3 is 0 Å². The third-order valence-electron chi connectivity index (χ3n) is 3.21. The molecule has 1 saturated carbocycles. The fraction of sp³-hybridized carbons (Fsp3) is 0.500. The lowest BCUT2D eigenvalue weighted by atomic mass is 10.1. The van der Waals surface area contributed by atoms with Crippen LogP contribution >= 0.6 is 0 Å². The van der Waals surface area contributed by atoms with E-state index < -0.39 is 0 Å². The lowest BCUT2D eigenvalue weighted by Gasteiger charge is -2.22. The van der Waals surface area contributed by atoms with E-state index in [-0.39, 0.29) is 5.91 Å². The van der Waals surface area contributed by atoms with Crippen molar-refractivity contribution in [1.29, 1.82) is 0 Å². The minimum atomic E-state index is 0.146. The number of carbonyl (C=O) groups is 1. The summed E-state index contributed by atoms with van der Waals surface area (Å²) in [6, 6.07) is 8.06. The quantitative estimate of drug-likeness (QED) is 0.822. The van der Waals surface area contributed by atoms with Crippen molar-refractivity contribution in [3.05, 3.63) is 29.8 Å². The molecular formula is C14H20N2O2. The number of amides is 1. The highest BCUT2D eigenvalue weighted by Crippen LogP contribution is 2.28. The Hall–Kier alpha value is -1.55. The number of para-hydroxylation sites is 1. The maximum atomic E-state index is 12.3. The average Bonchev–Trinajstić information content (AvgIpc) is 3.20. The maximum absolute atomic E-state index is 12.3. The molecule has 0 aliphatic heterocycles. The van der Waals surface area contributed by atoms with Crippen LogP contribution in [0, 0.1) is 0 Å². The van der Waals surface area contributed by atoms with Crippen molar-refractivity contribution in [3.8, 4) is 5.75 Å². The van der Waals surface area contributed by atoms with Gasteiger partial charge in [0.1, 0.15) is 5.75 Å². The van der Waals surface area contributed by atoms with E-state index in [1.54, 1.807) is 7.11 Å². The Morgan fingerprint density at radius 2 is 2.17 bits per heavy atom. The normalized spacial score (nSPS) is 14.3. The van der Waals surface area contributed by atoms with Gasteiger partial charge in [0, 0.05) is 24.7 Å². The Bertz CT molecular complexity index is 416. The van der Waals surface area contributed by atoms with Crippen LogP contribution in [0.5, 0.6) is 5.75 Å². The summed E-state index contributed by atoms with van der Waals surface area (Å²) in [7, 11) is 1.63. The third kappa shape index (κ3) is 3.01. The Morgan fingerprint density at radius 1 is 1.44 bits per heavy atom. The van der Waals surface area contributed by atoms with Gasteiger partial charge in [0.2, 0.25) is 5.91 Å². The number of nitrogens with zero attached hydrogens (tertiary/aromatic N) is 1. The fourth-order valence-corrected chi connectivity index (χ4v) is 2.15. The van der Waals surface area contributed by atoms with Crippen LogP contribution in [-0.2, 0) is 11.2 Å². The molecule has 0 aromatic heterocycles. The third-order valence-corrected chi connectivity index (χ3v) is 3.21. The molecule has 1 fully saturated rings. The van der Waals surface area contributed by atoms with E-state index in [0.29, 0.717) is 25.6 Å². The van der Waals surface area contributed by atoms with E-state index >= 15 is 0 Å². The second kappa shape index (κ2) is 5.87. The molecular weight excluding hydrogens is 228 g/mol. The van der Waals surface area contributed by atoms with Crippen LogP contribution in [0.4, 0.5) is 0 Å². The molecule has 0 atom stereocenters. The van der Waals surface area contributed by atoms with Gasteiger partial charge in [0.25, 0.3) is 0 Å². The Labute approximate surface area is 108 Å². The molecule has 1 aliphatic rings. The fourth-order valence-electron chi connectivity index (χ4n) is 2.15. The second-order valence-electron chi connectivity index (χ2n) is 4.60. The molecule has 1 aliphatic carbocycles. The van der Waals surface area contributed by atoms with Crippen molar-refractivity contribution in [2.24, 2.45) is 5.73 Å². The Balaban J connectivity index is 2.04. The standard InChI is InChI=1S/C14H20N2O2/c1-18-13-5-3-2-4-11(13)10-14(17)16(9-8-15)12-6-7-12/h2-5,12H,6-10,15H2,1H3. The molecule has 18 heavy (non-hydrogen) atoms. The highest BCUT2D eigenvalue weighted by molar-refractivity contribution is 5.80. The number of hydrogen-bond acceptors (Lipinski definition) is 3. The van der Waals surface area contributed by atoms with Crippen molar-refractivity contribution in [2.45, 2.75) is 25.3 Å². The lowest BCUT2D eigenvalue weighted by molar-refractivity contribution is -0.130. The zero-order valence-corrected chi connectivity index (χ0v) is 10.8. The molecule has 0 spiro atoms. The summed E-state index contributed by atoms with van der Waals surface area (Å²) in [5.41, 5.74) is 6.50. The summed E-state index contributed by atoms with van der Waals surface area (Å²) >= 11 is 0. The first kappa shape index (κ1) is 12.9. The number of methoxy groups -OCH3 is 1. The molecule has 2 rings (SSSR count). The number of benzene rings is 1. The first-order chi connectivity index (χ1) is 8.76. The number of rotatable bonds is 6. The molecule has 98 valence electrons. The molecule has 0 radical (unpaired) electrons. The molecule has 0 unspecified atom stereocenters. The van der Waals surface area contributed by atoms with Gasteiger partial charge in [-0.15, -0.1) is 0 Å². The van der Waals surface area contributed by atoms with Crippen molar-refractivity contribution in [3.63, 3.8) is 0 Å². The second-order valence-corrected chi connectivity index (χ2v) is 4.60. The van der Waals surface area contributed by atoms with Crippen LogP contribution < -0.4 is 10.5 Å². The van der Waals surface area contributed by atoms with Gasteiger partial charge < -0.3 is 15.4 Å². The molecule has 4 heteroatoms. The van der Waals surface area contributed by atoms with Gasteiger partial charge in [-0.05, 0) is 18.9 Å². The van der Waals surface area contributed by atoms with Gasteiger partial charge in [-0.1, -0.05) is 18.2 Å². The zero-order valence-electron chi connectivity index (χ0n) is 10.8. The predicted octanol–water partition coefficient (Wildman–Crippen LogP) is 1.19. The van der Waals surface area contributed by atoms with Gasteiger partial charge in [0.15, 0.2) is 0 Å². The van der Waals surface area contributed by atoms with Gasteiger partial charge in [-0.3, -0.25) is 4.79 Å². The molecule has 1 aromatic rings. The van der Waals surface area contributed by atoms with E-state index in [2.05, 4.69) is 0 Å². The maximum Gasteiger partial charge on any atom is 0.227 e. The van der Waals surface area contributed by atoms with Gasteiger partial charge in [-0.25, -0.2) is 0 Å². The number of hydrogen-bond donors (Lipinski definition) is 1. The van der Waals surface area contributed by atoms with E-state index in [4.69, 9.17) is 10.5 Å². The molecule has 4 nitrogen and oxygen atoms in total. The van der Waals surface area contributed by atoms with Crippen LogP contribution in [0.25, 0.3) is 0 Å². The highest BCUT2D eigenvalue weighted by Gasteiger charge is 2.31. The van der Waals surface area contributed by atoms with E-state index in [1.807, 2.05) is 29.2 Å². The number of nitrogens with two attached hydrogens (primary N) is 1. The summed E-state index contributed by atoms with van der Waals surface area (Å²) < 4.78 is 5.27. The average molecular weight is 248 g/mol. The first-order valence-corrected chi connectivity index (χ1v) is 6.37. The van der Waals surface area contributed by atoms with Crippen molar-refractivity contribution >= 4 is 5.91 Å². The summed E-state index contributed by atoms with van der Waals surface area (Å²) in [4.78, 5) is 14.2. The van der Waals surface area contributed by atoms with Crippen LogP contribution in [0.3, 0.4) is 0 Å². The smallest absolute Gasteiger partial charge is 0.227 e. The topological polar surface area (TPSA) is 55.6 Å². The molecule has 1 aromatic carbocycles. The molecule has 2 N–H and O–H groups in total. The largest absolute Gasteiger partial charge is 0.496 e. The monoisotopic (exact) mass is 248 g/mol. The first-order valence-electron chi connectivity index (χ1n) is 6.37. The highest BCUT2D eigenvalue weighted by atomic mass is 16.5. The van der Waals surface area contributed by atoms with Gasteiger partial charge in [-0.2, -0.15) is 0 Å². The SMILES string of the molecule is COc1ccccc1CC(=O)N(CCN)C1CC1. The zero-order chi connectivity index (χ0) is 13.0. The number of ether oxygens (including phenoxy) is 1. The molecule has 0 bridgehead atoms. The molecule has 0 heterocycles. The lowest BCUT2D eigenvalue weighted by Crippen LogP contribution is -2.38. The van der Waals surface area contributed by atoms with E-state index in [1.165, 1.54) is 0 Å². The predicted molar refractivity (Wildman–Crippen MR) is 70.5 cm³/mol. The van der Waals surface area contributed by atoms with Crippen molar-refractivity contribution < 1.29 is 9.53 Å². The van der Waals surface area contributed by atoms with Crippen molar-refractivity contribution in [2.75, 3.05) is 20.2 Å². The van der Waals surface area contributed by atoms with Gasteiger partial charge in [0.05, 0.1) is 13.5 Å². The minimum absolute atomic E-state index is 0.146. The molecule has 0 saturated heterocycles. The van der Waals surface area contributed by atoms with Crippen LogP contribution in [0.15, 0.2) is 24.3 Å². The Kier molecular flexibility index (Phi) is 4.20. The van der Waals surface area contributed by atoms with Crippen molar-refractivity contribution in [1.82, 2.24) is 4.90 Å². The number of carbonyl (C=O) groups excluding carboxylic acids is 1. The van der Waals surface area contributed by atoms with Crippen LogP contribution in [0.1, 0.15) is 18.4 Å². The molecule has 1 amide bonds. The Morgan fingerprint density at radius 3 is 2.78 bits per heavy atom. The summed E-state index contributed by atoms with van der Waals surface area (Å²) in [5.74, 6) is 0.918. The van der Waals surface area contributed by atoms with E-state index in [9.17, 15) is 4.79 Å². The minimum Gasteiger partial charge on any atom is -0.496 e. The summed E-state index contributed by atoms with van der Waals surface area (Å²) in [6.07, 6.45) is 2.61. The van der Waals surface area contributed by atoms with Crippen LogP contribution in [-0.4, -0.2) is 37.0 Å². The van der Waals surface area contributed by atoms with E-state index in [0.717, 1.165) is 24.2 Å². The summed E-state index contributed by atoms with van der Waals surface area (Å²) in [6.45, 7) is 1.17.